The van der Waals surface area contributed by atoms with E-state index in [0.717, 1.165) is 44.5 Å². The molecular weight excluding hydrogens is 635 g/mol. The Hall–Kier alpha value is -7.04. The average molecular weight is 664 g/mol. The van der Waals surface area contributed by atoms with E-state index in [2.05, 4.69) is 177 Å². The second-order valence-corrected chi connectivity index (χ2v) is 13.8. The van der Waals surface area contributed by atoms with E-state index in [1.54, 1.807) is 0 Å². The summed E-state index contributed by atoms with van der Waals surface area (Å²) in [5, 5.41) is 9.71. The first-order chi connectivity index (χ1) is 25.8. The summed E-state index contributed by atoms with van der Waals surface area (Å²) in [6.45, 7) is 0. The van der Waals surface area contributed by atoms with Crippen LogP contribution in [0.1, 0.15) is 0 Å². The Labute approximate surface area is 297 Å². The van der Waals surface area contributed by atoms with Gasteiger partial charge in [0, 0.05) is 60.2 Å². The zero-order valence-corrected chi connectivity index (χ0v) is 28.0. The van der Waals surface area contributed by atoms with E-state index in [1.807, 2.05) is 12.1 Å². The third-order valence-corrected chi connectivity index (χ3v) is 11.0. The van der Waals surface area contributed by atoms with Crippen LogP contribution in [0, 0.1) is 0 Å². The molecule has 12 rings (SSSR count). The third-order valence-electron chi connectivity index (χ3n) is 11.0. The lowest BCUT2D eigenvalue weighted by atomic mass is 10.1. The molecule has 0 saturated carbocycles. The van der Waals surface area contributed by atoms with Crippen molar-refractivity contribution in [2.75, 3.05) is 0 Å². The smallest absolute Gasteiger partial charge is 0.135 e. The molecule has 0 atom stereocenters. The SMILES string of the molecule is c1ccc2c(c1)oc1ccc(-n3c4ccccc4c4ccc(-n5c6ccccc6c6ccc(-n7c8ccccc8c8ccccc87)cc65)cc43)cc12. The van der Waals surface area contributed by atoms with Gasteiger partial charge in [0.15, 0.2) is 0 Å². The standard InChI is InChI=1S/C48H29N3O/c1-6-16-41-33(11-1)34-12-2-7-17-42(34)49(41)31-21-24-38-36-14-4-9-19-44(36)51(46(38)28-31)32-22-25-37-35-13-3-8-18-43(35)50(45(37)29-32)30-23-26-48-40(27-30)39-15-5-10-20-47(39)52-48/h1-29H. The Bertz CT molecular complexity index is 3370. The van der Waals surface area contributed by atoms with E-state index in [-0.39, 0.29) is 0 Å². The van der Waals surface area contributed by atoms with Crippen molar-refractivity contribution in [1.82, 2.24) is 13.7 Å². The number of para-hydroxylation sites is 5. The summed E-state index contributed by atoms with van der Waals surface area (Å²) in [6.07, 6.45) is 0. The van der Waals surface area contributed by atoms with Crippen LogP contribution in [0.5, 0.6) is 0 Å². The van der Waals surface area contributed by atoms with Gasteiger partial charge in [0.2, 0.25) is 0 Å². The number of rotatable bonds is 3. The lowest BCUT2D eigenvalue weighted by Gasteiger charge is -2.13. The van der Waals surface area contributed by atoms with E-state index in [1.165, 1.54) is 59.9 Å². The Morgan fingerprint density at radius 3 is 1.10 bits per heavy atom. The first-order valence-corrected chi connectivity index (χ1v) is 17.8. The number of furan rings is 1. The van der Waals surface area contributed by atoms with Gasteiger partial charge in [-0.15, -0.1) is 0 Å². The fourth-order valence-corrected chi connectivity index (χ4v) is 8.81. The van der Waals surface area contributed by atoms with Crippen LogP contribution in [0.4, 0.5) is 0 Å². The highest BCUT2D eigenvalue weighted by atomic mass is 16.3. The van der Waals surface area contributed by atoms with Gasteiger partial charge in [-0.1, -0.05) is 103 Å². The second kappa shape index (κ2) is 10.3. The maximum Gasteiger partial charge on any atom is 0.135 e. The van der Waals surface area contributed by atoms with Gasteiger partial charge in [-0.3, -0.25) is 0 Å². The fraction of sp³-hybridized carbons (Fsp3) is 0. The van der Waals surface area contributed by atoms with Gasteiger partial charge < -0.3 is 18.1 Å². The van der Waals surface area contributed by atoms with Gasteiger partial charge in [-0.2, -0.15) is 0 Å². The first-order valence-electron chi connectivity index (χ1n) is 17.8. The minimum Gasteiger partial charge on any atom is -0.456 e. The lowest BCUT2D eigenvalue weighted by Crippen LogP contribution is -1.98. The van der Waals surface area contributed by atoms with Gasteiger partial charge in [0.25, 0.3) is 0 Å². The van der Waals surface area contributed by atoms with Crippen molar-refractivity contribution in [2.45, 2.75) is 0 Å². The molecule has 0 spiro atoms. The van der Waals surface area contributed by atoms with E-state index >= 15 is 0 Å². The summed E-state index contributed by atoms with van der Waals surface area (Å²) in [6, 6.07) is 63.7. The number of hydrogen-bond donors (Lipinski definition) is 0. The largest absolute Gasteiger partial charge is 0.456 e. The van der Waals surface area contributed by atoms with Crippen LogP contribution in [-0.2, 0) is 0 Å². The summed E-state index contributed by atoms with van der Waals surface area (Å²) in [5.74, 6) is 0. The highest BCUT2D eigenvalue weighted by Crippen LogP contribution is 2.40. The van der Waals surface area contributed by atoms with Crippen molar-refractivity contribution in [1.29, 1.82) is 0 Å². The van der Waals surface area contributed by atoms with Crippen LogP contribution in [-0.4, -0.2) is 13.7 Å². The molecule has 0 amide bonds. The minimum atomic E-state index is 0.899. The topological polar surface area (TPSA) is 27.9 Å². The number of nitrogens with zero attached hydrogens (tertiary/aromatic N) is 3. The maximum absolute atomic E-state index is 6.22. The maximum atomic E-state index is 6.22. The number of hydrogen-bond acceptors (Lipinski definition) is 1. The Morgan fingerprint density at radius 2 is 0.596 bits per heavy atom. The van der Waals surface area contributed by atoms with Crippen molar-refractivity contribution in [2.24, 2.45) is 0 Å². The summed E-state index contributed by atoms with van der Waals surface area (Å²) in [4.78, 5) is 0. The first kappa shape index (κ1) is 27.7. The average Bonchev–Trinajstić information content (AvgIpc) is 3.93. The van der Waals surface area contributed by atoms with E-state index in [4.69, 9.17) is 4.42 Å². The molecule has 4 nitrogen and oxygen atoms in total. The van der Waals surface area contributed by atoms with Crippen molar-refractivity contribution in [3.05, 3.63) is 176 Å². The summed E-state index contributed by atoms with van der Waals surface area (Å²) in [5.41, 5.74) is 12.3. The molecule has 0 N–H and O–H groups in total. The van der Waals surface area contributed by atoms with Gasteiger partial charge in [0.05, 0.1) is 33.1 Å². The van der Waals surface area contributed by atoms with Crippen LogP contribution < -0.4 is 0 Å². The molecule has 52 heavy (non-hydrogen) atoms. The zero-order valence-electron chi connectivity index (χ0n) is 28.0. The number of aromatic nitrogens is 3. The van der Waals surface area contributed by atoms with Crippen molar-refractivity contribution in [3.8, 4) is 17.1 Å². The highest BCUT2D eigenvalue weighted by Gasteiger charge is 2.19. The third kappa shape index (κ3) is 3.70. The van der Waals surface area contributed by atoms with Crippen molar-refractivity contribution < 1.29 is 4.42 Å². The van der Waals surface area contributed by atoms with Gasteiger partial charge in [0.1, 0.15) is 11.2 Å². The lowest BCUT2D eigenvalue weighted by molar-refractivity contribution is 0.669. The molecule has 12 aromatic rings. The van der Waals surface area contributed by atoms with Gasteiger partial charge in [-0.25, -0.2) is 0 Å². The van der Waals surface area contributed by atoms with Crippen LogP contribution >= 0.6 is 0 Å². The van der Waals surface area contributed by atoms with Crippen LogP contribution in [0.25, 0.3) is 104 Å². The monoisotopic (exact) mass is 663 g/mol. The molecule has 0 saturated heterocycles. The van der Waals surface area contributed by atoms with Crippen molar-refractivity contribution >= 4 is 87.4 Å². The number of benzene rings is 8. The van der Waals surface area contributed by atoms with Gasteiger partial charge >= 0.3 is 0 Å². The molecular formula is C48H29N3O. The molecule has 0 aliphatic heterocycles. The van der Waals surface area contributed by atoms with E-state index < -0.39 is 0 Å². The molecule has 4 heteroatoms. The summed E-state index contributed by atoms with van der Waals surface area (Å²) in [7, 11) is 0. The minimum absolute atomic E-state index is 0.899. The number of fused-ring (bicyclic) bond motifs is 12. The highest BCUT2D eigenvalue weighted by molar-refractivity contribution is 6.14. The predicted molar refractivity (Wildman–Crippen MR) is 217 cm³/mol. The molecule has 4 heterocycles. The molecule has 0 bridgehead atoms. The Morgan fingerprint density at radius 1 is 0.250 bits per heavy atom. The molecule has 4 aromatic heterocycles. The second-order valence-electron chi connectivity index (χ2n) is 13.8. The van der Waals surface area contributed by atoms with Gasteiger partial charge in [-0.05, 0) is 72.8 Å². The molecule has 0 unspecified atom stereocenters. The summed E-state index contributed by atoms with van der Waals surface area (Å²) >= 11 is 0. The fourth-order valence-electron chi connectivity index (χ4n) is 8.81. The van der Waals surface area contributed by atoms with Crippen LogP contribution in [0.3, 0.4) is 0 Å². The summed E-state index contributed by atoms with van der Waals surface area (Å²) < 4.78 is 13.5. The predicted octanol–water partition coefficient (Wildman–Crippen LogP) is 12.9. The van der Waals surface area contributed by atoms with Crippen molar-refractivity contribution in [3.63, 3.8) is 0 Å². The molecule has 8 aromatic carbocycles. The van der Waals surface area contributed by atoms with E-state index in [9.17, 15) is 0 Å². The Balaban J connectivity index is 1.14. The molecule has 242 valence electrons. The van der Waals surface area contributed by atoms with Crippen LogP contribution in [0.15, 0.2) is 180 Å². The quantitative estimate of drug-likeness (QED) is 0.185. The Kier molecular flexibility index (Phi) is 5.47. The molecule has 0 radical (unpaired) electrons. The zero-order chi connectivity index (χ0) is 33.9. The van der Waals surface area contributed by atoms with Crippen LogP contribution in [0.2, 0.25) is 0 Å². The molecule has 0 aliphatic carbocycles. The normalized spacial score (nSPS) is 12.2. The molecule has 0 aliphatic rings. The van der Waals surface area contributed by atoms with E-state index in [0.29, 0.717) is 0 Å². The molecule has 0 fully saturated rings.